The van der Waals surface area contributed by atoms with Gasteiger partial charge in [-0.1, -0.05) is 13.8 Å². The summed E-state index contributed by atoms with van der Waals surface area (Å²) in [6.07, 6.45) is 1.16. The Morgan fingerprint density at radius 3 is 2.79 bits per heavy atom. The lowest BCUT2D eigenvalue weighted by Crippen LogP contribution is -2.28. The van der Waals surface area contributed by atoms with Gasteiger partial charge in [0.15, 0.2) is 0 Å². The largest absolute Gasteiger partial charge is 0.481 e. The standard InChI is InChI=1S/C13H18N2O3S/c1-7(2)12-15-8(6-19-12)3-4-14-11(16)9-5-10(9)13(17)18/h6-7,9-10H,3-5H2,1-2H3,(H,14,16)(H,17,18)/t9-,10+/m0/s1. The van der Waals surface area contributed by atoms with E-state index in [0.29, 0.717) is 25.3 Å². The fourth-order valence-electron chi connectivity index (χ4n) is 1.91. The van der Waals surface area contributed by atoms with Gasteiger partial charge in [-0.15, -0.1) is 11.3 Å². The van der Waals surface area contributed by atoms with Crippen molar-refractivity contribution >= 4 is 23.2 Å². The van der Waals surface area contributed by atoms with Gasteiger partial charge in [-0.2, -0.15) is 0 Å². The molecule has 1 aliphatic rings. The van der Waals surface area contributed by atoms with E-state index in [1.54, 1.807) is 11.3 Å². The number of hydrogen-bond acceptors (Lipinski definition) is 4. The summed E-state index contributed by atoms with van der Waals surface area (Å²) in [5.74, 6) is -1.41. The van der Waals surface area contributed by atoms with Crippen molar-refractivity contribution in [2.75, 3.05) is 6.54 Å². The first-order chi connectivity index (χ1) is 8.99. The zero-order valence-corrected chi connectivity index (χ0v) is 11.9. The normalized spacial score (nSPS) is 21.4. The van der Waals surface area contributed by atoms with Crippen molar-refractivity contribution in [3.8, 4) is 0 Å². The Balaban J connectivity index is 1.72. The van der Waals surface area contributed by atoms with Crippen molar-refractivity contribution in [3.63, 3.8) is 0 Å². The molecule has 1 aromatic rings. The maximum atomic E-state index is 11.6. The molecule has 104 valence electrons. The minimum Gasteiger partial charge on any atom is -0.481 e. The van der Waals surface area contributed by atoms with Crippen LogP contribution in [-0.2, 0) is 16.0 Å². The minimum atomic E-state index is -0.874. The number of aliphatic carboxylic acids is 1. The van der Waals surface area contributed by atoms with Gasteiger partial charge in [0.25, 0.3) is 0 Å². The van der Waals surface area contributed by atoms with Crippen LogP contribution in [0, 0.1) is 11.8 Å². The summed E-state index contributed by atoms with van der Waals surface area (Å²) >= 11 is 1.64. The molecule has 2 N–H and O–H groups in total. The molecule has 1 heterocycles. The predicted octanol–water partition coefficient (Wildman–Crippen LogP) is 1.65. The van der Waals surface area contributed by atoms with Crippen LogP contribution < -0.4 is 5.32 Å². The van der Waals surface area contributed by atoms with Gasteiger partial charge in [-0.25, -0.2) is 4.98 Å². The van der Waals surface area contributed by atoms with Gasteiger partial charge in [-0.05, 0) is 6.42 Å². The second-order valence-electron chi connectivity index (χ2n) is 5.16. The molecule has 0 aromatic carbocycles. The molecule has 0 bridgehead atoms. The third-order valence-corrected chi connectivity index (χ3v) is 4.38. The van der Waals surface area contributed by atoms with Gasteiger partial charge >= 0.3 is 5.97 Å². The number of carbonyl (C=O) groups is 2. The molecule has 0 unspecified atom stereocenters. The molecule has 0 aliphatic heterocycles. The van der Waals surface area contributed by atoms with E-state index in [1.807, 2.05) is 5.38 Å². The Labute approximate surface area is 116 Å². The molecule has 2 atom stereocenters. The number of nitrogens with zero attached hydrogens (tertiary/aromatic N) is 1. The molecule has 5 nitrogen and oxygen atoms in total. The van der Waals surface area contributed by atoms with E-state index in [0.717, 1.165) is 10.7 Å². The summed E-state index contributed by atoms with van der Waals surface area (Å²) in [7, 11) is 0. The van der Waals surface area contributed by atoms with Crippen molar-refractivity contribution < 1.29 is 14.7 Å². The highest BCUT2D eigenvalue weighted by molar-refractivity contribution is 7.09. The molecule has 1 amide bonds. The number of aromatic nitrogens is 1. The number of thiazole rings is 1. The van der Waals surface area contributed by atoms with Crippen LogP contribution in [0.1, 0.15) is 36.9 Å². The summed E-state index contributed by atoms with van der Waals surface area (Å²) in [6, 6.07) is 0. The Morgan fingerprint density at radius 1 is 1.53 bits per heavy atom. The highest BCUT2D eigenvalue weighted by Gasteiger charge is 2.48. The van der Waals surface area contributed by atoms with Crippen LogP contribution >= 0.6 is 11.3 Å². The second-order valence-corrected chi connectivity index (χ2v) is 6.05. The third-order valence-electron chi connectivity index (χ3n) is 3.19. The molecule has 6 heteroatoms. The maximum absolute atomic E-state index is 11.6. The number of nitrogens with one attached hydrogen (secondary N) is 1. The number of amides is 1. The topological polar surface area (TPSA) is 79.3 Å². The van der Waals surface area contributed by atoms with Crippen LogP contribution in [0.3, 0.4) is 0 Å². The summed E-state index contributed by atoms with van der Waals surface area (Å²) in [5, 5.41) is 14.6. The lowest BCUT2D eigenvalue weighted by atomic mass is 10.2. The van der Waals surface area contributed by atoms with Crippen molar-refractivity contribution in [3.05, 3.63) is 16.1 Å². The SMILES string of the molecule is CC(C)c1nc(CCNC(=O)[C@H]2C[C@H]2C(=O)O)cs1. The smallest absolute Gasteiger partial charge is 0.307 e. The molecule has 19 heavy (non-hydrogen) atoms. The monoisotopic (exact) mass is 282 g/mol. The van der Waals surface area contributed by atoms with Crippen LogP contribution in [0.5, 0.6) is 0 Å². The van der Waals surface area contributed by atoms with Gasteiger partial charge in [0.2, 0.25) is 5.91 Å². The first kappa shape index (κ1) is 14.0. The van der Waals surface area contributed by atoms with Crippen LogP contribution in [0.2, 0.25) is 0 Å². The third kappa shape index (κ3) is 3.53. The van der Waals surface area contributed by atoms with Gasteiger partial charge in [0, 0.05) is 24.3 Å². The van der Waals surface area contributed by atoms with Gasteiger partial charge < -0.3 is 10.4 Å². The van der Waals surface area contributed by atoms with E-state index in [4.69, 9.17) is 5.11 Å². The molecular formula is C13H18N2O3S. The predicted molar refractivity (Wildman–Crippen MR) is 72.1 cm³/mol. The molecule has 1 aliphatic carbocycles. The second kappa shape index (κ2) is 5.69. The number of carboxylic acid groups (broad SMARTS) is 1. The molecule has 0 radical (unpaired) electrons. The first-order valence-electron chi connectivity index (χ1n) is 6.44. The van der Waals surface area contributed by atoms with E-state index < -0.39 is 11.9 Å². The van der Waals surface area contributed by atoms with Crippen LogP contribution in [-0.4, -0.2) is 28.5 Å². The van der Waals surface area contributed by atoms with Gasteiger partial charge in [0.05, 0.1) is 22.5 Å². The Morgan fingerprint density at radius 2 is 2.26 bits per heavy atom. The highest BCUT2D eigenvalue weighted by Crippen LogP contribution is 2.38. The van der Waals surface area contributed by atoms with E-state index in [9.17, 15) is 9.59 Å². The Hall–Kier alpha value is -1.43. The minimum absolute atomic E-state index is 0.147. The fourth-order valence-corrected chi connectivity index (χ4v) is 2.77. The summed E-state index contributed by atoms with van der Waals surface area (Å²) in [6.45, 7) is 4.72. The lowest BCUT2D eigenvalue weighted by Gasteiger charge is -2.02. The van der Waals surface area contributed by atoms with Crippen molar-refractivity contribution in [2.45, 2.75) is 32.6 Å². The summed E-state index contributed by atoms with van der Waals surface area (Å²) < 4.78 is 0. The summed E-state index contributed by atoms with van der Waals surface area (Å²) in [4.78, 5) is 26.8. The quantitative estimate of drug-likeness (QED) is 0.831. The highest BCUT2D eigenvalue weighted by atomic mass is 32.1. The molecule has 1 saturated carbocycles. The molecule has 2 rings (SSSR count). The molecular weight excluding hydrogens is 264 g/mol. The maximum Gasteiger partial charge on any atom is 0.307 e. The average Bonchev–Trinajstić information content (AvgIpc) is 3.02. The number of hydrogen-bond donors (Lipinski definition) is 2. The number of carbonyl (C=O) groups excluding carboxylic acids is 1. The van der Waals surface area contributed by atoms with Crippen molar-refractivity contribution in [1.29, 1.82) is 0 Å². The van der Waals surface area contributed by atoms with E-state index in [1.165, 1.54) is 0 Å². The van der Waals surface area contributed by atoms with E-state index in [2.05, 4.69) is 24.1 Å². The van der Waals surface area contributed by atoms with Gasteiger partial charge in [-0.3, -0.25) is 9.59 Å². The fraction of sp³-hybridized carbons (Fsp3) is 0.615. The van der Waals surface area contributed by atoms with Crippen LogP contribution in [0.25, 0.3) is 0 Å². The zero-order valence-electron chi connectivity index (χ0n) is 11.0. The molecule has 0 spiro atoms. The van der Waals surface area contributed by atoms with Crippen molar-refractivity contribution in [1.82, 2.24) is 10.3 Å². The molecule has 0 saturated heterocycles. The van der Waals surface area contributed by atoms with Crippen molar-refractivity contribution in [2.24, 2.45) is 11.8 Å². The number of carboxylic acids is 1. The molecule has 1 aromatic heterocycles. The average molecular weight is 282 g/mol. The Bertz CT molecular complexity index is 484. The van der Waals surface area contributed by atoms with E-state index >= 15 is 0 Å². The summed E-state index contributed by atoms with van der Waals surface area (Å²) in [5.41, 5.74) is 0.986. The lowest BCUT2D eigenvalue weighted by molar-refractivity contribution is -0.140. The van der Waals surface area contributed by atoms with E-state index in [-0.39, 0.29) is 11.8 Å². The first-order valence-corrected chi connectivity index (χ1v) is 7.31. The van der Waals surface area contributed by atoms with Crippen LogP contribution in [0.4, 0.5) is 0 Å². The Kier molecular flexibility index (Phi) is 4.19. The zero-order chi connectivity index (χ0) is 14.0. The van der Waals surface area contributed by atoms with Gasteiger partial charge in [0.1, 0.15) is 0 Å². The molecule has 1 fully saturated rings. The number of rotatable bonds is 6. The van der Waals surface area contributed by atoms with Crippen LogP contribution in [0.15, 0.2) is 5.38 Å².